The third kappa shape index (κ3) is 3.36. The van der Waals surface area contributed by atoms with Crippen LogP contribution in [0.3, 0.4) is 0 Å². The van der Waals surface area contributed by atoms with Crippen LogP contribution in [0, 0.1) is 5.92 Å². The van der Waals surface area contributed by atoms with Gasteiger partial charge in [-0.05, 0) is 25.0 Å². The SMILES string of the molecule is CCc1nc2ccccc2n1CC(=O)NNC(=O)C1CCCC1. The summed E-state index contributed by atoms with van der Waals surface area (Å²) in [6.45, 7) is 2.16. The molecule has 2 aromatic rings. The topological polar surface area (TPSA) is 76.0 Å². The lowest BCUT2D eigenvalue weighted by molar-refractivity contribution is -0.131. The second-order valence-electron chi connectivity index (χ2n) is 5.98. The highest BCUT2D eigenvalue weighted by molar-refractivity contribution is 5.84. The Labute approximate surface area is 135 Å². The van der Waals surface area contributed by atoms with Gasteiger partial charge in [0.2, 0.25) is 5.91 Å². The molecule has 2 N–H and O–H groups in total. The van der Waals surface area contributed by atoms with E-state index < -0.39 is 0 Å². The van der Waals surface area contributed by atoms with Gasteiger partial charge in [-0.3, -0.25) is 20.4 Å². The molecule has 1 aromatic carbocycles. The van der Waals surface area contributed by atoms with Gasteiger partial charge in [-0.15, -0.1) is 0 Å². The summed E-state index contributed by atoms with van der Waals surface area (Å²) in [5, 5.41) is 0. The number of para-hydroxylation sites is 2. The van der Waals surface area contributed by atoms with Gasteiger partial charge in [0.15, 0.2) is 0 Å². The molecule has 1 fully saturated rings. The van der Waals surface area contributed by atoms with Crippen LogP contribution in [0.25, 0.3) is 11.0 Å². The van der Waals surface area contributed by atoms with Gasteiger partial charge in [-0.25, -0.2) is 4.98 Å². The standard InChI is InChI=1S/C17H22N4O2/c1-2-15-18-13-9-5-6-10-14(13)21(15)11-16(22)19-20-17(23)12-7-3-4-8-12/h5-6,9-10,12H,2-4,7-8,11H2,1H3,(H,19,22)(H,20,23). The number of imidazole rings is 1. The van der Waals surface area contributed by atoms with E-state index in [1.807, 2.05) is 35.8 Å². The summed E-state index contributed by atoms with van der Waals surface area (Å²) in [5.74, 6) is 0.579. The summed E-state index contributed by atoms with van der Waals surface area (Å²) < 4.78 is 1.90. The number of aryl methyl sites for hydroxylation is 1. The molecule has 0 aliphatic heterocycles. The van der Waals surface area contributed by atoms with Crippen molar-refractivity contribution >= 4 is 22.8 Å². The summed E-state index contributed by atoms with van der Waals surface area (Å²) in [4.78, 5) is 28.6. The smallest absolute Gasteiger partial charge is 0.258 e. The number of carbonyl (C=O) groups excluding carboxylic acids is 2. The van der Waals surface area contributed by atoms with Gasteiger partial charge in [0.1, 0.15) is 12.4 Å². The number of hydrazine groups is 1. The number of benzene rings is 1. The Hall–Kier alpha value is -2.37. The summed E-state index contributed by atoms with van der Waals surface area (Å²) in [6, 6.07) is 7.75. The molecule has 1 aliphatic carbocycles. The maximum atomic E-state index is 12.2. The minimum absolute atomic E-state index is 0.0376. The highest BCUT2D eigenvalue weighted by Crippen LogP contribution is 2.24. The quantitative estimate of drug-likeness (QED) is 0.847. The van der Waals surface area contributed by atoms with Gasteiger partial charge in [0, 0.05) is 12.3 Å². The molecular weight excluding hydrogens is 292 g/mol. The molecule has 2 amide bonds. The predicted molar refractivity (Wildman–Crippen MR) is 87.4 cm³/mol. The highest BCUT2D eigenvalue weighted by Gasteiger charge is 2.23. The molecule has 1 saturated carbocycles. The van der Waals surface area contributed by atoms with E-state index in [9.17, 15) is 9.59 Å². The number of hydrogen-bond acceptors (Lipinski definition) is 3. The number of fused-ring (bicyclic) bond motifs is 1. The van der Waals surface area contributed by atoms with Crippen molar-refractivity contribution in [2.24, 2.45) is 5.92 Å². The van der Waals surface area contributed by atoms with Crippen LogP contribution in [-0.4, -0.2) is 21.4 Å². The summed E-state index contributed by atoms with van der Waals surface area (Å²) >= 11 is 0. The van der Waals surface area contributed by atoms with E-state index >= 15 is 0 Å². The molecule has 0 spiro atoms. The Kier molecular flexibility index (Phi) is 4.60. The van der Waals surface area contributed by atoms with Crippen LogP contribution in [0.1, 0.15) is 38.4 Å². The average molecular weight is 314 g/mol. The fourth-order valence-corrected chi connectivity index (χ4v) is 3.18. The van der Waals surface area contributed by atoms with Gasteiger partial charge in [-0.2, -0.15) is 0 Å². The molecule has 0 unspecified atom stereocenters. The first-order chi connectivity index (χ1) is 11.2. The number of nitrogens with one attached hydrogen (secondary N) is 2. The third-order valence-corrected chi connectivity index (χ3v) is 4.40. The Morgan fingerprint density at radius 1 is 1.22 bits per heavy atom. The summed E-state index contributed by atoms with van der Waals surface area (Å²) in [7, 11) is 0. The zero-order valence-corrected chi connectivity index (χ0v) is 13.3. The molecule has 23 heavy (non-hydrogen) atoms. The van der Waals surface area contributed by atoms with Crippen molar-refractivity contribution < 1.29 is 9.59 Å². The van der Waals surface area contributed by atoms with Crippen LogP contribution in [0.15, 0.2) is 24.3 Å². The normalized spacial score (nSPS) is 15.0. The van der Waals surface area contributed by atoms with Crippen molar-refractivity contribution in [1.82, 2.24) is 20.4 Å². The van der Waals surface area contributed by atoms with Crippen LogP contribution in [0.4, 0.5) is 0 Å². The van der Waals surface area contributed by atoms with E-state index in [1.165, 1.54) is 0 Å². The van der Waals surface area contributed by atoms with Gasteiger partial charge < -0.3 is 4.57 Å². The zero-order chi connectivity index (χ0) is 16.2. The number of rotatable bonds is 4. The fourth-order valence-electron chi connectivity index (χ4n) is 3.18. The molecule has 6 heteroatoms. The lowest BCUT2D eigenvalue weighted by atomic mass is 10.1. The number of hydrogen-bond donors (Lipinski definition) is 2. The summed E-state index contributed by atoms with van der Waals surface area (Å²) in [5.41, 5.74) is 6.89. The Morgan fingerprint density at radius 3 is 2.70 bits per heavy atom. The van der Waals surface area contributed by atoms with E-state index in [2.05, 4.69) is 15.8 Å². The molecule has 0 saturated heterocycles. The van der Waals surface area contributed by atoms with Crippen molar-refractivity contribution in [2.45, 2.75) is 45.6 Å². The lowest BCUT2D eigenvalue weighted by Gasteiger charge is -2.12. The highest BCUT2D eigenvalue weighted by atomic mass is 16.2. The molecule has 0 atom stereocenters. The van der Waals surface area contributed by atoms with Gasteiger partial charge in [-0.1, -0.05) is 31.9 Å². The number of amides is 2. The first-order valence-electron chi connectivity index (χ1n) is 8.22. The molecule has 6 nitrogen and oxygen atoms in total. The molecule has 1 heterocycles. The number of nitrogens with zero attached hydrogens (tertiary/aromatic N) is 2. The minimum atomic E-state index is -0.241. The van der Waals surface area contributed by atoms with E-state index in [4.69, 9.17) is 0 Å². The first-order valence-corrected chi connectivity index (χ1v) is 8.22. The molecule has 1 aliphatic rings. The van der Waals surface area contributed by atoms with Crippen molar-refractivity contribution in [2.75, 3.05) is 0 Å². The van der Waals surface area contributed by atoms with Crippen LogP contribution < -0.4 is 10.9 Å². The third-order valence-electron chi connectivity index (χ3n) is 4.40. The molecule has 1 aromatic heterocycles. The van der Waals surface area contributed by atoms with Crippen molar-refractivity contribution in [1.29, 1.82) is 0 Å². The van der Waals surface area contributed by atoms with Gasteiger partial charge in [0.25, 0.3) is 5.91 Å². The van der Waals surface area contributed by atoms with Gasteiger partial charge in [0.05, 0.1) is 11.0 Å². The summed E-state index contributed by atoms with van der Waals surface area (Å²) in [6.07, 6.45) is 4.75. The van der Waals surface area contributed by atoms with E-state index in [0.717, 1.165) is 49.0 Å². The first kappa shape index (κ1) is 15.5. The van der Waals surface area contributed by atoms with Crippen molar-refractivity contribution in [3.8, 4) is 0 Å². The molecule has 122 valence electrons. The van der Waals surface area contributed by atoms with Crippen LogP contribution in [-0.2, 0) is 22.6 Å². The van der Waals surface area contributed by atoms with E-state index in [-0.39, 0.29) is 24.3 Å². The average Bonchev–Trinajstić information content (AvgIpc) is 3.21. The minimum Gasteiger partial charge on any atom is -0.318 e. The van der Waals surface area contributed by atoms with E-state index in [1.54, 1.807) is 0 Å². The van der Waals surface area contributed by atoms with E-state index in [0.29, 0.717) is 0 Å². The number of aromatic nitrogens is 2. The molecule has 0 radical (unpaired) electrons. The zero-order valence-electron chi connectivity index (χ0n) is 13.3. The second-order valence-corrected chi connectivity index (χ2v) is 5.98. The number of carbonyl (C=O) groups is 2. The molecular formula is C17H22N4O2. The van der Waals surface area contributed by atoms with Crippen LogP contribution >= 0.6 is 0 Å². The Morgan fingerprint density at radius 2 is 1.96 bits per heavy atom. The maximum Gasteiger partial charge on any atom is 0.258 e. The second kappa shape index (κ2) is 6.81. The molecule has 3 rings (SSSR count). The Bertz CT molecular complexity index is 716. The van der Waals surface area contributed by atoms with Gasteiger partial charge >= 0.3 is 0 Å². The fraction of sp³-hybridized carbons (Fsp3) is 0.471. The Balaban J connectivity index is 1.64. The largest absolute Gasteiger partial charge is 0.318 e. The maximum absolute atomic E-state index is 12.2. The van der Waals surface area contributed by atoms with Crippen LogP contribution in [0.2, 0.25) is 0 Å². The van der Waals surface area contributed by atoms with Crippen molar-refractivity contribution in [3.63, 3.8) is 0 Å². The van der Waals surface area contributed by atoms with Crippen LogP contribution in [0.5, 0.6) is 0 Å². The monoisotopic (exact) mass is 314 g/mol. The lowest BCUT2D eigenvalue weighted by Crippen LogP contribution is -2.45. The predicted octanol–water partition coefficient (Wildman–Crippen LogP) is 1.94. The molecule has 0 bridgehead atoms. The van der Waals surface area contributed by atoms with Crippen molar-refractivity contribution in [3.05, 3.63) is 30.1 Å².